The summed E-state index contributed by atoms with van der Waals surface area (Å²) in [5.74, 6) is 0.625. The minimum absolute atomic E-state index is 0.0369. The molecule has 8 heteroatoms. The van der Waals surface area contributed by atoms with Crippen molar-refractivity contribution in [2.24, 2.45) is 0 Å². The lowest BCUT2D eigenvalue weighted by molar-refractivity contribution is 0.0944. The molecule has 3 aromatic rings. The molecule has 0 aliphatic heterocycles. The van der Waals surface area contributed by atoms with Gasteiger partial charge < -0.3 is 9.73 Å². The van der Waals surface area contributed by atoms with Crippen LogP contribution >= 0.6 is 11.8 Å². The third kappa shape index (κ3) is 5.24. The van der Waals surface area contributed by atoms with E-state index in [9.17, 15) is 13.2 Å². The molecular weight excluding hydrogens is 396 g/mol. The lowest BCUT2D eigenvalue weighted by Crippen LogP contribution is -2.23. The first-order chi connectivity index (χ1) is 13.5. The van der Waals surface area contributed by atoms with E-state index in [1.54, 1.807) is 61.0 Å². The molecule has 0 bridgehead atoms. The molecule has 0 saturated heterocycles. The third-order valence-corrected chi connectivity index (χ3v) is 6.99. The molecule has 0 radical (unpaired) electrons. The molecule has 1 amide bonds. The zero-order valence-electron chi connectivity index (χ0n) is 15.3. The molecular formula is C20H20N2O4S2. The Morgan fingerprint density at radius 2 is 1.93 bits per heavy atom. The number of pyridine rings is 1. The van der Waals surface area contributed by atoms with Gasteiger partial charge in [-0.3, -0.25) is 4.79 Å². The summed E-state index contributed by atoms with van der Waals surface area (Å²) in [6, 6.07) is 13.7. The Labute approximate surface area is 168 Å². The Balaban J connectivity index is 1.61. The van der Waals surface area contributed by atoms with Gasteiger partial charge in [-0.1, -0.05) is 17.7 Å². The molecule has 0 aliphatic rings. The smallest absolute Gasteiger partial charge is 0.254 e. The standard InChI is InChI=1S/C20H20N2O4S2/c1-15-6-8-17(9-7-15)28(24,25)13-12-27-20-18(5-2-10-21-20)19(23)22-14-16-4-3-11-26-16/h2-11H,12-14H2,1H3,(H,22,23). The van der Waals surface area contributed by atoms with Crippen molar-refractivity contribution in [2.75, 3.05) is 11.5 Å². The van der Waals surface area contributed by atoms with E-state index in [1.165, 1.54) is 11.8 Å². The van der Waals surface area contributed by atoms with Crippen molar-refractivity contribution in [3.05, 3.63) is 77.9 Å². The van der Waals surface area contributed by atoms with Crippen LogP contribution in [-0.2, 0) is 16.4 Å². The Morgan fingerprint density at radius 3 is 2.64 bits per heavy atom. The fourth-order valence-corrected chi connectivity index (χ4v) is 5.11. The zero-order chi connectivity index (χ0) is 20.0. The highest BCUT2D eigenvalue weighted by atomic mass is 32.2. The van der Waals surface area contributed by atoms with Gasteiger partial charge in [-0.15, -0.1) is 11.8 Å². The zero-order valence-corrected chi connectivity index (χ0v) is 16.9. The molecule has 0 unspecified atom stereocenters. The van der Waals surface area contributed by atoms with Gasteiger partial charge in [0.2, 0.25) is 0 Å². The van der Waals surface area contributed by atoms with E-state index < -0.39 is 9.84 Å². The Morgan fingerprint density at radius 1 is 1.14 bits per heavy atom. The van der Waals surface area contributed by atoms with Crippen LogP contribution in [-0.4, -0.2) is 30.8 Å². The second-order valence-electron chi connectivity index (χ2n) is 6.10. The number of thioether (sulfide) groups is 1. The maximum Gasteiger partial charge on any atom is 0.254 e. The number of aromatic nitrogens is 1. The van der Waals surface area contributed by atoms with Crippen LogP contribution in [0.25, 0.3) is 0 Å². The van der Waals surface area contributed by atoms with Gasteiger partial charge in [0.15, 0.2) is 9.84 Å². The van der Waals surface area contributed by atoms with Gasteiger partial charge in [-0.05, 0) is 43.3 Å². The van der Waals surface area contributed by atoms with Crippen LogP contribution in [0.3, 0.4) is 0 Å². The summed E-state index contributed by atoms with van der Waals surface area (Å²) in [4.78, 5) is 17.0. The van der Waals surface area contributed by atoms with Gasteiger partial charge in [-0.2, -0.15) is 0 Å². The molecule has 0 saturated carbocycles. The van der Waals surface area contributed by atoms with E-state index in [4.69, 9.17) is 4.42 Å². The average Bonchev–Trinajstić information content (AvgIpc) is 3.20. The summed E-state index contributed by atoms with van der Waals surface area (Å²) in [5, 5.41) is 3.27. The SMILES string of the molecule is Cc1ccc(S(=O)(=O)CCSc2ncccc2C(=O)NCc2ccco2)cc1. The van der Waals surface area contributed by atoms with Crippen LogP contribution in [0.4, 0.5) is 0 Å². The number of aryl methyl sites for hydroxylation is 1. The first kappa shape index (κ1) is 20.2. The number of nitrogens with zero attached hydrogens (tertiary/aromatic N) is 1. The number of nitrogens with one attached hydrogen (secondary N) is 1. The molecule has 1 aromatic carbocycles. The summed E-state index contributed by atoms with van der Waals surface area (Å²) >= 11 is 1.25. The van der Waals surface area contributed by atoms with E-state index in [-0.39, 0.29) is 18.2 Å². The highest BCUT2D eigenvalue weighted by molar-refractivity contribution is 8.00. The number of hydrogen-bond acceptors (Lipinski definition) is 6. The van der Waals surface area contributed by atoms with E-state index in [0.29, 0.717) is 27.0 Å². The molecule has 1 N–H and O–H groups in total. The van der Waals surface area contributed by atoms with Crippen LogP contribution in [0.5, 0.6) is 0 Å². The number of sulfone groups is 1. The second-order valence-corrected chi connectivity index (χ2v) is 9.29. The molecule has 0 atom stereocenters. The first-order valence-corrected chi connectivity index (χ1v) is 11.3. The Hall–Kier alpha value is -2.58. The molecule has 0 aliphatic carbocycles. The van der Waals surface area contributed by atoms with Crippen molar-refractivity contribution in [3.8, 4) is 0 Å². The number of benzene rings is 1. The van der Waals surface area contributed by atoms with E-state index in [1.807, 2.05) is 6.92 Å². The lowest BCUT2D eigenvalue weighted by atomic mass is 10.2. The first-order valence-electron chi connectivity index (χ1n) is 8.63. The number of carbonyl (C=O) groups excluding carboxylic acids is 1. The Kier molecular flexibility index (Phi) is 6.53. The third-order valence-electron chi connectivity index (χ3n) is 3.99. The maximum atomic E-state index is 12.5. The Bertz CT molecular complexity index is 1030. The highest BCUT2D eigenvalue weighted by Crippen LogP contribution is 2.22. The van der Waals surface area contributed by atoms with Gasteiger partial charge in [0.1, 0.15) is 10.8 Å². The maximum absolute atomic E-state index is 12.5. The number of rotatable bonds is 8. The summed E-state index contributed by atoms with van der Waals surface area (Å²) < 4.78 is 30.1. The van der Waals surface area contributed by atoms with Crippen molar-refractivity contribution in [1.29, 1.82) is 0 Å². The van der Waals surface area contributed by atoms with Crippen LogP contribution in [0, 0.1) is 6.92 Å². The molecule has 0 spiro atoms. The van der Waals surface area contributed by atoms with Crippen molar-refractivity contribution >= 4 is 27.5 Å². The minimum Gasteiger partial charge on any atom is -0.467 e. The molecule has 0 fully saturated rings. The van der Waals surface area contributed by atoms with Gasteiger partial charge >= 0.3 is 0 Å². The van der Waals surface area contributed by atoms with Gasteiger partial charge in [0.05, 0.1) is 29.0 Å². The van der Waals surface area contributed by atoms with Crippen molar-refractivity contribution in [2.45, 2.75) is 23.4 Å². The number of furan rings is 1. The summed E-state index contributed by atoms with van der Waals surface area (Å²) in [6.45, 7) is 2.18. The predicted octanol–water partition coefficient (Wildman–Crippen LogP) is 3.48. The van der Waals surface area contributed by atoms with Crippen molar-refractivity contribution in [3.63, 3.8) is 0 Å². The second kappa shape index (κ2) is 9.07. The monoisotopic (exact) mass is 416 g/mol. The number of hydrogen-bond donors (Lipinski definition) is 1. The largest absolute Gasteiger partial charge is 0.467 e. The van der Waals surface area contributed by atoms with Gasteiger partial charge in [-0.25, -0.2) is 13.4 Å². The molecule has 146 valence electrons. The number of carbonyl (C=O) groups is 1. The number of amides is 1. The minimum atomic E-state index is -3.38. The highest BCUT2D eigenvalue weighted by Gasteiger charge is 2.17. The molecule has 2 aromatic heterocycles. The van der Waals surface area contributed by atoms with Crippen molar-refractivity contribution < 1.29 is 17.6 Å². The van der Waals surface area contributed by atoms with Gasteiger partial charge in [0, 0.05) is 11.9 Å². The molecule has 28 heavy (non-hydrogen) atoms. The summed E-state index contributed by atoms with van der Waals surface area (Å²) in [6.07, 6.45) is 3.13. The molecule has 3 rings (SSSR count). The summed E-state index contributed by atoms with van der Waals surface area (Å²) in [7, 11) is -3.38. The van der Waals surface area contributed by atoms with E-state index in [2.05, 4.69) is 10.3 Å². The van der Waals surface area contributed by atoms with Gasteiger partial charge in [0.25, 0.3) is 5.91 Å². The quantitative estimate of drug-likeness (QED) is 0.566. The van der Waals surface area contributed by atoms with E-state index >= 15 is 0 Å². The van der Waals surface area contributed by atoms with E-state index in [0.717, 1.165) is 5.56 Å². The summed E-state index contributed by atoms with van der Waals surface area (Å²) in [5.41, 5.74) is 1.42. The average molecular weight is 417 g/mol. The van der Waals surface area contributed by atoms with Crippen LogP contribution < -0.4 is 5.32 Å². The van der Waals surface area contributed by atoms with Crippen LogP contribution in [0.2, 0.25) is 0 Å². The van der Waals surface area contributed by atoms with Crippen LogP contribution in [0.1, 0.15) is 21.7 Å². The fraction of sp³-hybridized carbons (Fsp3) is 0.200. The predicted molar refractivity (Wildman–Crippen MR) is 108 cm³/mol. The lowest BCUT2D eigenvalue weighted by Gasteiger charge is -2.09. The van der Waals surface area contributed by atoms with Crippen LogP contribution in [0.15, 0.2) is 75.3 Å². The topological polar surface area (TPSA) is 89.3 Å². The fourth-order valence-electron chi connectivity index (χ4n) is 2.47. The van der Waals surface area contributed by atoms with Crippen molar-refractivity contribution in [1.82, 2.24) is 10.3 Å². The normalized spacial score (nSPS) is 11.3. The molecule has 2 heterocycles. The molecule has 6 nitrogen and oxygen atoms in total.